The van der Waals surface area contributed by atoms with Gasteiger partial charge in [0.15, 0.2) is 22.5 Å². The number of halogens is 1. The molecule has 152 valence electrons. The fraction of sp³-hybridized carbons (Fsp3) is 0.238. The van der Waals surface area contributed by atoms with Gasteiger partial charge < -0.3 is 14.2 Å². The number of methoxy groups -OCH3 is 3. The number of thioether (sulfide) groups is 1. The highest BCUT2D eigenvalue weighted by atomic mass is 32.2. The molecule has 0 N–H and O–H groups in total. The lowest BCUT2D eigenvalue weighted by molar-refractivity contribution is 0.324. The van der Waals surface area contributed by atoms with Gasteiger partial charge in [-0.3, -0.25) is 4.57 Å². The molecular formula is C21H22FN3O3S. The van der Waals surface area contributed by atoms with Crippen LogP contribution in [0.4, 0.5) is 4.39 Å². The Morgan fingerprint density at radius 1 is 1.07 bits per heavy atom. The van der Waals surface area contributed by atoms with Crippen LogP contribution in [0.3, 0.4) is 0 Å². The van der Waals surface area contributed by atoms with Gasteiger partial charge >= 0.3 is 0 Å². The molecule has 0 atom stereocenters. The van der Waals surface area contributed by atoms with Gasteiger partial charge in [-0.1, -0.05) is 36.0 Å². The second kappa shape index (κ2) is 9.47. The highest BCUT2D eigenvalue weighted by molar-refractivity contribution is 7.98. The fourth-order valence-corrected chi connectivity index (χ4v) is 3.80. The first-order valence-corrected chi connectivity index (χ1v) is 9.82. The molecule has 0 spiro atoms. The average molecular weight is 415 g/mol. The first kappa shape index (κ1) is 20.7. The summed E-state index contributed by atoms with van der Waals surface area (Å²) in [5.74, 6) is 2.38. The van der Waals surface area contributed by atoms with Crippen LogP contribution in [0.1, 0.15) is 5.56 Å². The zero-order valence-corrected chi connectivity index (χ0v) is 17.3. The molecule has 0 saturated heterocycles. The molecule has 0 aliphatic carbocycles. The molecule has 29 heavy (non-hydrogen) atoms. The molecule has 0 saturated carbocycles. The lowest BCUT2D eigenvalue weighted by atomic mass is 10.1. The molecule has 3 aromatic rings. The van der Waals surface area contributed by atoms with E-state index in [1.54, 1.807) is 39.5 Å². The second-order valence-electron chi connectivity index (χ2n) is 6.00. The van der Waals surface area contributed by atoms with E-state index in [1.807, 2.05) is 22.8 Å². The van der Waals surface area contributed by atoms with E-state index in [-0.39, 0.29) is 5.82 Å². The Labute approximate surface area is 173 Å². The van der Waals surface area contributed by atoms with Crippen molar-refractivity contribution in [3.8, 4) is 28.6 Å². The molecule has 6 nitrogen and oxygen atoms in total. The summed E-state index contributed by atoms with van der Waals surface area (Å²) in [5, 5.41) is 9.31. The summed E-state index contributed by atoms with van der Waals surface area (Å²) < 4.78 is 32.1. The quantitative estimate of drug-likeness (QED) is 0.376. The van der Waals surface area contributed by atoms with Crippen molar-refractivity contribution in [2.45, 2.75) is 17.5 Å². The molecule has 0 unspecified atom stereocenters. The van der Waals surface area contributed by atoms with Crippen LogP contribution in [0, 0.1) is 5.82 Å². The summed E-state index contributed by atoms with van der Waals surface area (Å²) in [5.41, 5.74) is 1.37. The van der Waals surface area contributed by atoms with Gasteiger partial charge in [0.1, 0.15) is 5.82 Å². The maximum atomic E-state index is 13.9. The maximum absolute atomic E-state index is 13.9. The van der Waals surface area contributed by atoms with E-state index in [0.717, 1.165) is 5.56 Å². The molecule has 0 fully saturated rings. The maximum Gasteiger partial charge on any atom is 0.203 e. The van der Waals surface area contributed by atoms with Crippen molar-refractivity contribution in [3.63, 3.8) is 0 Å². The number of ether oxygens (including phenoxy) is 3. The highest BCUT2D eigenvalue weighted by Gasteiger charge is 2.19. The predicted octanol–water partition coefficient (Wildman–Crippen LogP) is 4.59. The highest BCUT2D eigenvalue weighted by Crippen LogP contribution is 2.41. The molecule has 1 aromatic heterocycles. The van der Waals surface area contributed by atoms with Gasteiger partial charge in [-0.05, 0) is 23.8 Å². The van der Waals surface area contributed by atoms with Crippen LogP contribution in [0.2, 0.25) is 0 Å². The fourth-order valence-electron chi connectivity index (χ4n) is 2.87. The Bertz CT molecular complexity index is 982. The van der Waals surface area contributed by atoms with E-state index < -0.39 is 0 Å². The summed E-state index contributed by atoms with van der Waals surface area (Å²) in [4.78, 5) is 0. The number of nitrogens with zero attached hydrogens (tertiary/aromatic N) is 3. The first-order valence-electron chi connectivity index (χ1n) is 8.83. The normalized spacial score (nSPS) is 10.6. The van der Waals surface area contributed by atoms with Crippen LogP contribution in [-0.2, 0) is 12.3 Å². The van der Waals surface area contributed by atoms with E-state index in [0.29, 0.717) is 46.1 Å². The molecule has 0 radical (unpaired) electrons. The van der Waals surface area contributed by atoms with Gasteiger partial charge in [0.2, 0.25) is 5.75 Å². The smallest absolute Gasteiger partial charge is 0.203 e. The number of hydrogen-bond acceptors (Lipinski definition) is 6. The zero-order chi connectivity index (χ0) is 20.8. The lowest BCUT2D eigenvalue weighted by Gasteiger charge is -2.14. The van der Waals surface area contributed by atoms with E-state index >= 15 is 0 Å². The molecule has 0 amide bonds. The van der Waals surface area contributed by atoms with E-state index in [2.05, 4.69) is 16.8 Å². The van der Waals surface area contributed by atoms with Crippen molar-refractivity contribution >= 4 is 11.8 Å². The minimum atomic E-state index is -0.236. The van der Waals surface area contributed by atoms with Crippen LogP contribution < -0.4 is 14.2 Å². The summed E-state index contributed by atoms with van der Waals surface area (Å²) in [6.07, 6.45) is 1.76. The number of rotatable bonds is 9. The molecular weight excluding hydrogens is 393 g/mol. The van der Waals surface area contributed by atoms with Crippen molar-refractivity contribution in [2.24, 2.45) is 0 Å². The monoisotopic (exact) mass is 415 g/mol. The number of hydrogen-bond donors (Lipinski definition) is 0. The summed E-state index contributed by atoms with van der Waals surface area (Å²) in [6, 6.07) is 10.3. The van der Waals surface area contributed by atoms with Crippen LogP contribution >= 0.6 is 11.8 Å². The number of aromatic nitrogens is 3. The number of benzene rings is 2. The van der Waals surface area contributed by atoms with Crippen molar-refractivity contribution < 1.29 is 18.6 Å². The SMILES string of the molecule is C=CCn1c(SCc2ccccc2F)nnc1-c1cc(OC)c(OC)c(OC)c1. The van der Waals surface area contributed by atoms with Crippen LogP contribution in [0.25, 0.3) is 11.4 Å². The molecule has 0 bridgehead atoms. The summed E-state index contributed by atoms with van der Waals surface area (Å²) >= 11 is 1.41. The van der Waals surface area contributed by atoms with Crippen molar-refractivity contribution in [1.82, 2.24) is 14.8 Å². The van der Waals surface area contributed by atoms with Crippen LogP contribution in [0.5, 0.6) is 17.2 Å². The van der Waals surface area contributed by atoms with Gasteiger partial charge in [0, 0.05) is 17.9 Å². The average Bonchev–Trinajstić information content (AvgIpc) is 3.14. The molecule has 8 heteroatoms. The Morgan fingerprint density at radius 3 is 2.34 bits per heavy atom. The number of allylic oxidation sites excluding steroid dienone is 1. The Balaban J connectivity index is 1.98. The van der Waals surface area contributed by atoms with Gasteiger partial charge in [0.25, 0.3) is 0 Å². The molecule has 0 aliphatic heterocycles. The Hall–Kier alpha value is -3.00. The third kappa shape index (κ3) is 4.37. The zero-order valence-electron chi connectivity index (χ0n) is 16.5. The van der Waals surface area contributed by atoms with Gasteiger partial charge in [0.05, 0.1) is 21.3 Å². The Kier molecular flexibility index (Phi) is 6.77. The van der Waals surface area contributed by atoms with Crippen molar-refractivity contribution in [2.75, 3.05) is 21.3 Å². The third-order valence-electron chi connectivity index (χ3n) is 4.27. The molecule has 2 aromatic carbocycles. The molecule has 3 rings (SSSR count). The topological polar surface area (TPSA) is 58.4 Å². The van der Waals surface area contributed by atoms with Crippen LogP contribution in [-0.4, -0.2) is 36.1 Å². The van der Waals surface area contributed by atoms with Crippen molar-refractivity contribution in [1.29, 1.82) is 0 Å². The van der Waals surface area contributed by atoms with E-state index in [1.165, 1.54) is 17.8 Å². The predicted molar refractivity (Wildman–Crippen MR) is 111 cm³/mol. The lowest BCUT2D eigenvalue weighted by Crippen LogP contribution is -2.02. The van der Waals surface area contributed by atoms with E-state index in [4.69, 9.17) is 14.2 Å². The standard InChI is InChI=1S/C21H22FN3O3S/c1-5-10-25-20(15-11-17(26-2)19(28-4)18(12-15)27-3)23-24-21(25)29-13-14-8-6-7-9-16(14)22/h5-9,11-12H,1,10,13H2,2-4H3. The second-order valence-corrected chi connectivity index (χ2v) is 6.94. The summed E-state index contributed by atoms with van der Waals surface area (Å²) in [7, 11) is 4.67. The Morgan fingerprint density at radius 2 is 1.76 bits per heavy atom. The van der Waals surface area contributed by atoms with Crippen molar-refractivity contribution in [3.05, 3.63) is 60.4 Å². The minimum absolute atomic E-state index is 0.236. The van der Waals surface area contributed by atoms with Crippen LogP contribution in [0.15, 0.2) is 54.2 Å². The summed E-state index contributed by atoms with van der Waals surface area (Å²) in [6.45, 7) is 4.32. The minimum Gasteiger partial charge on any atom is -0.493 e. The van der Waals surface area contributed by atoms with Gasteiger partial charge in [-0.15, -0.1) is 16.8 Å². The van der Waals surface area contributed by atoms with Gasteiger partial charge in [-0.25, -0.2) is 4.39 Å². The third-order valence-corrected chi connectivity index (χ3v) is 5.28. The largest absolute Gasteiger partial charge is 0.493 e. The van der Waals surface area contributed by atoms with Gasteiger partial charge in [-0.2, -0.15) is 0 Å². The van der Waals surface area contributed by atoms with E-state index in [9.17, 15) is 4.39 Å². The first-order chi connectivity index (χ1) is 14.1. The molecule has 0 aliphatic rings. The molecule has 1 heterocycles.